The van der Waals surface area contributed by atoms with Crippen molar-refractivity contribution < 1.29 is 9.18 Å². The molecule has 33 heavy (non-hydrogen) atoms. The van der Waals surface area contributed by atoms with Crippen molar-refractivity contribution in [3.63, 3.8) is 0 Å². The lowest BCUT2D eigenvalue weighted by Gasteiger charge is -2.36. The predicted molar refractivity (Wildman–Crippen MR) is 123 cm³/mol. The Hall–Kier alpha value is -3.87. The topological polar surface area (TPSA) is 68.1 Å². The van der Waals surface area contributed by atoms with Crippen LogP contribution in [0.2, 0.25) is 0 Å². The number of piperidine rings is 1. The van der Waals surface area contributed by atoms with Gasteiger partial charge in [0.15, 0.2) is 0 Å². The lowest BCUT2D eigenvalue weighted by molar-refractivity contribution is 0.0609. The van der Waals surface area contributed by atoms with Crippen LogP contribution in [0.15, 0.2) is 78.0 Å². The maximum atomic E-state index is 13.7. The number of rotatable bonds is 4. The Morgan fingerprint density at radius 3 is 2.67 bits per heavy atom. The van der Waals surface area contributed by atoms with Gasteiger partial charge < -0.3 is 4.90 Å². The average molecular weight is 442 g/mol. The van der Waals surface area contributed by atoms with E-state index < -0.39 is 5.56 Å². The van der Waals surface area contributed by atoms with E-state index in [2.05, 4.69) is 9.97 Å². The van der Waals surface area contributed by atoms with Crippen LogP contribution in [-0.4, -0.2) is 31.9 Å². The molecular formula is C26H23FN4O2. The number of carbonyl (C=O) groups excluding carboxylic acids is 1. The number of benzene rings is 1. The first-order valence-corrected chi connectivity index (χ1v) is 11.1. The molecule has 1 amide bonds. The highest BCUT2D eigenvalue weighted by Gasteiger charge is 2.31. The molecule has 1 atom stereocenters. The molecule has 4 heterocycles. The van der Waals surface area contributed by atoms with Gasteiger partial charge in [-0.15, -0.1) is 0 Å². The van der Waals surface area contributed by atoms with Gasteiger partial charge in [-0.05, 0) is 66.8 Å². The highest BCUT2D eigenvalue weighted by atomic mass is 19.1. The summed E-state index contributed by atoms with van der Waals surface area (Å²) in [5.74, 6) is -0.628. The molecule has 1 unspecified atom stereocenters. The lowest BCUT2D eigenvalue weighted by atomic mass is 9.95. The van der Waals surface area contributed by atoms with E-state index >= 15 is 0 Å². The van der Waals surface area contributed by atoms with E-state index in [0.717, 1.165) is 30.4 Å². The Balaban J connectivity index is 1.59. The Kier molecular flexibility index (Phi) is 5.69. The van der Waals surface area contributed by atoms with Gasteiger partial charge in [0, 0.05) is 30.5 Å². The number of aromatic nitrogens is 3. The summed E-state index contributed by atoms with van der Waals surface area (Å²) in [6.07, 6.45) is 7.85. The summed E-state index contributed by atoms with van der Waals surface area (Å²) in [6.45, 7) is 0.778. The fourth-order valence-corrected chi connectivity index (χ4v) is 4.53. The SMILES string of the molecule is O=C(c1cc2cccnc2n(Cc2ccc(F)cc2)c1=O)N1CCCCC1c1cccnc1. The lowest BCUT2D eigenvalue weighted by Crippen LogP contribution is -2.41. The Morgan fingerprint density at radius 1 is 1.06 bits per heavy atom. The van der Waals surface area contributed by atoms with Crippen molar-refractivity contribution >= 4 is 16.9 Å². The normalized spacial score (nSPS) is 16.2. The smallest absolute Gasteiger partial charge is 0.265 e. The fraction of sp³-hybridized carbons (Fsp3) is 0.231. The summed E-state index contributed by atoms with van der Waals surface area (Å²) < 4.78 is 14.9. The Labute approximate surface area is 190 Å². The standard InChI is InChI=1S/C26H23FN4O2/c27-21-10-8-18(9-11-21)17-31-24-19(5-4-13-29-24)15-22(26(31)33)25(32)30-14-2-1-7-23(30)20-6-3-12-28-16-20/h3-6,8-13,15-16,23H,1-2,7,14,17H2. The van der Waals surface area contributed by atoms with Gasteiger partial charge in [-0.1, -0.05) is 18.2 Å². The first kappa shape index (κ1) is 21.0. The zero-order valence-corrected chi connectivity index (χ0v) is 18.0. The number of hydrogen-bond donors (Lipinski definition) is 0. The van der Waals surface area contributed by atoms with E-state index in [1.165, 1.54) is 16.7 Å². The number of amides is 1. The van der Waals surface area contributed by atoms with Crippen LogP contribution in [0.5, 0.6) is 0 Å². The summed E-state index contributed by atoms with van der Waals surface area (Å²) in [4.78, 5) is 37.7. The van der Waals surface area contributed by atoms with Crippen LogP contribution in [-0.2, 0) is 6.54 Å². The minimum Gasteiger partial charge on any atom is -0.331 e. The second kappa shape index (κ2) is 8.94. The molecule has 1 saturated heterocycles. The zero-order chi connectivity index (χ0) is 22.8. The van der Waals surface area contributed by atoms with E-state index in [1.54, 1.807) is 47.8 Å². The van der Waals surface area contributed by atoms with Gasteiger partial charge in [-0.3, -0.25) is 19.1 Å². The molecule has 0 aliphatic carbocycles. The van der Waals surface area contributed by atoms with Crippen LogP contribution in [0.3, 0.4) is 0 Å². The first-order chi connectivity index (χ1) is 16.1. The minimum atomic E-state index is -0.397. The summed E-state index contributed by atoms with van der Waals surface area (Å²) in [5, 5.41) is 0.706. The van der Waals surface area contributed by atoms with Gasteiger partial charge in [0.1, 0.15) is 17.0 Å². The van der Waals surface area contributed by atoms with Crippen molar-refractivity contribution in [2.24, 2.45) is 0 Å². The average Bonchev–Trinajstić information content (AvgIpc) is 2.87. The highest BCUT2D eigenvalue weighted by Crippen LogP contribution is 2.31. The molecule has 0 N–H and O–H groups in total. The molecule has 0 saturated carbocycles. The zero-order valence-electron chi connectivity index (χ0n) is 18.0. The second-order valence-electron chi connectivity index (χ2n) is 8.29. The molecule has 1 aliphatic rings. The highest BCUT2D eigenvalue weighted by molar-refractivity contribution is 5.97. The van der Waals surface area contributed by atoms with Crippen molar-refractivity contribution in [2.45, 2.75) is 31.8 Å². The van der Waals surface area contributed by atoms with Crippen LogP contribution in [0.25, 0.3) is 11.0 Å². The molecule has 7 heteroatoms. The number of nitrogens with zero attached hydrogens (tertiary/aromatic N) is 4. The number of hydrogen-bond acceptors (Lipinski definition) is 4. The van der Waals surface area contributed by atoms with Gasteiger partial charge in [-0.2, -0.15) is 0 Å². The molecule has 1 aliphatic heterocycles. The van der Waals surface area contributed by atoms with Crippen LogP contribution in [0, 0.1) is 5.82 Å². The number of carbonyl (C=O) groups is 1. The van der Waals surface area contributed by atoms with E-state index in [9.17, 15) is 14.0 Å². The molecule has 4 aromatic rings. The summed E-state index contributed by atoms with van der Waals surface area (Å²) >= 11 is 0. The third-order valence-electron chi connectivity index (χ3n) is 6.17. The molecule has 3 aromatic heterocycles. The molecule has 6 nitrogen and oxygen atoms in total. The Bertz CT molecular complexity index is 1350. The monoisotopic (exact) mass is 442 g/mol. The number of pyridine rings is 3. The number of fused-ring (bicyclic) bond motifs is 1. The van der Waals surface area contributed by atoms with Gasteiger partial charge in [0.05, 0.1) is 12.6 Å². The molecule has 0 radical (unpaired) electrons. The van der Waals surface area contributed by atoms with E-state index in [4.69, 9.17) is 0 Å². The van der Waals surface area contributed by atoms with Crippen molar-refractivity contribution in [1.29, 1.82) is 0 Å². The van der Waals surface area contributed by atoms with Gasteiger partial charge in [-0.25, -0.2) is 9.37 Å². The summed E-state index contributed by atoms with van der Waals surface area (Å²) in [7, 11) is 0. The van der Waals surface area contributed by atoms with E-state index in [1.807, 2.05) is 18.2 Å². The molecule has 1 aromatic carbocycles. The quantitative estimate of drug-likeness (QED) is 0.471. The summed E-state index contributed by atoms with van der Waals surface area (Å²) in [6, 6.07) is 15.0. The van der Waals surface area contributed by atoms with Crippen LogP contribution < -0.4 is 5.56 Å². The van der Waals surface area contributed by atoms with Crippen molar-refractivity contribution in [2.75, 3.05) is 6.54 Å². The molecular weight excluding hydrogens is 419 g/mol. The first-order valence-electron chi connectivity index (χ1n) is 11.1. The predicted octanol–water partition coefficient (Wildman–Crippen LogP) is 4.35. The fourth-order valence-electron chi connectivity index (χ4n) is 4.53. The van der Waals surface area contributed by atoms with Crippen molar-refractivity contribution in [1.82, 2.24) is 19.4 Å². The number of halogens is 1. The third-order valence-corrected chi connectivity index (χ3v) is 6.17. The number of likely N-dealkylation sites (tertiary alicyclic amines) is 1. The van der Waals surface area contributed by atoms with E-state index in [-0.39, 0.29) is 29.9 Å². The third kappa shape index (κ3) is 4.14. The second-order valence-corrected chi connectivity index (χ2v) is 8.29. The molecule has 5 rings (SSSR count). The van der Waals surface area contributed by atoms with E-state index in [0.29, 0.717) is 17.6 Å². The van der Waals surface area contributed by atoms with Crippen LogP contribution in [0.1, 0.15) is 46.8 Å². The molecule has 166 valence electrons. The van der Waals surface area contributed by atoms with Gasteiger partial charge in [0.25, 0.3) is 11.5 Å². The molecule has 1 fully saturated rings. The van der Waals surface area contributed by atoms with Crippen LogP contribution >= 0.6 is 0 Å². The largest absolute Gasteiger partial charge is 0.331 e. The maximum Gasteiger partial charge on any atom is 0.265 e. The maximum absolute atomic E-state index is 13.7. The Morgan fingerprint density at radius 2 is 1.88 bits per heavy atom. The molecule has 0 spiro atoms. The summed E-state index contributed by atoms with van der Waals surface area (Å²) in [5.41, 5.74) is 1.94. The van der Waals surface area contributed by atoms with Gasteiger partial charge in [0.2, 0.25) is 0 Å². The van der Waals surface area contributed by atoms with Crippen LogP contribution in [0.4, 0.5) is 4.39 Å². The van der Waals surface area contributed by atoms with Gasteiger partial charge >= 0.3 is 0 Å². The molecule has 0 bridgehead atoms. The van der Waals surface area contributed by atoms with Crippen molar-refractivity contribution in [3.05, 3.63) is 106 Å². The van der Waals surface area contributed by atoms with Crippen molar-refractivity contribution in [3.8, 4) is 0 Å². The minimum absolute atomic E-state index is 0.116.